The van der Waals surface area contributed by atoms with Crippen molar-refractivity contribution in [3.63, 3.8) is 0 Å². The number of nitrogens with zero attached hydrogens (tertiary/aromatic N) is 3. The molecule has 0 N–H and O–H groups in total. The number of ether oxygens (including phenoxy) is 1. The second-order valence-corrected chi connectivity index (χ2v) is 6.40. The molecule has 0 unspecified atom stereocenters. The summed E-state index contributed by atoms with van der Waals surface area (Å²) in [7, 11) is 0. The van der Waals surface area contributed by atoms with Gasteiger partial charge < -0.3 is 4.74 Å². The van der Waals surface area contributed by atoms with E-state index in [1.807, 2.05) is 6.07 Å². The number of benzene rings is 1. The second kappa shape index (κ2) is 6.17. The molecule has 0 amide bonds. The number of aromatic nitrogens is 2. The Morgan fingerprint density at radius 2 is 2.04 bits per heavy atom. The van der Waals surface area contributed by atoms with Crippen LogP contribution in [0.4, 0.5) is 8.78 Å². The first kappa shape index (κ1) is 15.0. The summed E-state index contributed by atoms with van der Waals surface area (Å²) >= 11 is 0. The minimum Gasteiger partial charge on any atom is -0.375 e. The van der Waals surface area contributed by atoms with Crippen LogP contribution in [-0.2, 0) is 11.3 Å². The summed E-state index contributed by atoms with van der Waals surface area (Å²) in [5, 5.41) is 0. The van der Waals surface area contributed by atoms with Crippen LogP contribution in [0.25, 0.3) is 11.0 Å². The fraction of sp³-hybridized carbons (Fsp3) is 0.588. The Balaban J connectivity index is 1.65. The van der Waals surface area contributed by atoms with Crippen LogP contribution in [0, 0.1) is 0 Å². The average Bonchev–Trinajstić information content (AvgIpc) is 2.93. The molecule has 4 nitrogen and oxygen atoms in total. The van der Waals surface area contributed by atoms with Crippen LogP contribution in [0.1, 0.15) is 38.1 Å². The van der Waals surface area contributed by atoms with E-state index in [0.717, 1.165) is 24.0 Å². The summed E-state index contributed by atoms with van der Waals surface area (Å²) in [5.41, 5.74) is 1.14. The van der Waals surface area contributed by atoms with Crippen LogP contribution in [0.5, 0.6) is 0 Å². The Bertz CT molecular complexity index is 686. The lowest BCUT2D eigenvalue weighted by Gasteiger charge is -2.43. The third-order valence-corrected chi connectivity index (χ3v) is 5.06. The number of halogens is 2. The van der Waals surface area contributed by atoms with Crippen LogP contribution in [0.15, 0.2) is 24.3 Å². The lowest BCUT2D eigenvalue weighted by Crippen LogP contribution is -2.52. The number of rotatable bonds is 3. The second-order valence-electron chi connectivity index (χ2n) is 6.40. The van der Waals surface area contributed by atoms with Crippen molar-refractivity contribution in [1.29, 1.82) is 0 Å². The number of alkyl halides is 2. The molecule has 2 heterocycles. The smallest absolute Gasteiger partial charge is 0.320 e. The zero-order valence-corrected chi connectivity index (χ0v) is 13.0. The Morgan fingerprint density at radius 3 is 2.91 bits per heavy atom. The highest BCUT2D eigenvalue weighted by Gasteiger charge is 2.35. The third kappa shape index (κ3) is 2.74. The lowest BCUT2D eigenvalue weighted by atomic mass is 9.90. The quantitative estimate of drug-likeness (QED) is 0.866. The molecule has 1 saturated heterocycles. The van der Waals surface area contributed by atoms with Crippen molar-refractivity contribution >= 4 is 11.0 Å². The summed E-state index contributed by atoms with van der Waals surface area (Å²) in [6.07, 6.45) is 4.80. The van der Waals surface area contributed by atoms with Crippen LogP contribution < -0.4 is 0 Å². The predicted octanol–water partition coefficient (Wildman–Crippen LogP) is 3.57. The summed E-state index contributed by atoms with van der Waals surface area (Å²) in [5.74, 6) is 0.451. The van der Waals surface area contributed by atoms with Gasteiger partial charge in [-0.15, -0.1) is 0 Å². The molecule has 1 aliphatic carbocycles. The van der Waals surface area contributed by atoms with Gasteiger partial charge in [-0.05, 0) is 25.0 Å². The fourth-order valence-electron chi connectivity index (χ4n) is 3.98. The van der Waals surface area contributed by atoms with E-state index in [4.69, 9.17) is 4.74 Å². The van der Waals surface area contributed by atoms with Crippen LogP contribution in [0.2, 0.25) is 0 Å². The lowest BCUT2D eigenvalue weighted by molar-refractivity contribution is -0.0926. The van der Waals surface area contributed by atoms with Crippen LogP contribution >= 0.6 is 0 Å². The molecule has 2 atom stereocenters. The average molecular weight is 321 g/mol. The molecular weight excluding hydrogens is 300 g/mol. The molecule has 0 radical (unpaired) electrons. The normalized spacial score (nSPS) is 25.9. The van der Waals surface area contributed by atoms with Gasteiger partial charge in [0.05, 0.1) is 30.3 Å². The van der Waals surface area contributed by atoms with Crippen molar-refractivity contribution in [2.24, 2.45) is 0 Å². The molecule has 6 heteroatoms. The van der Waals surface area contributed by atoms with E-state index in [-0.39, 0.29) is 6.10 Å². The Morgan fingerprint density at radius 1 is 1.22 bits per heavy atom. The maximum atomic E-state index is 13.6. The van der Waals surface area contributed by atoms with E-state index < -0.39 is 6.55 Å². The molecule has 0 bridgehead atoms. The Hall–Kier alpha value is -1.53. The van der Waals surface area contributed by atoms with Gasteiger partial charge in [-0.3, -0.25) is 9.47 Å². The van der Waals surface area contributed by atoms with Gasteiger partial charge >= 0.3 is 6.55 Å². The monoisotopic (exact) mass is 321 g/mol. The number of morpholine rings is 1. The summed E-state index contributed by atoms with van der Waals surface area (Å²) in [6.45, 7) is -0.645. The molecule has 1 saturated carbocycles. The molecule has 1 aliphatic heterocycles. The molecule has 4 rings (SSSR count). The Kier molecular flexibility index (Phi) is 4.03. The molecular formula is C17H21F2N3O. The van der Waals surface area contributed by atoms with Gasteiger partial charge in [-0.2, -0.15) is 8.78 Å². The standard InChI is InChI=1S/C17H21F2N3O/c18-17(19)22-13-6-2-1-5-12(13)20-16(22)11-21-9-10-23-15-8-4-3-7-14(15)21/h1-2,5-6,14-15,17H,3-4,7-11H2/t14-,15-/m1/s1. The maximum absolute atomic E-state index is 13.6. The van der Waals surface area contributed by atoms with Crippen LogP contribution in [0.3, 0.4) is 0 Å². The topological polar surface area (TPSA) is 30.3 Å². The minimum absolute atomic E-state index is 0.252. The van der Waals surface area contributed by atoms with Gasteiger partial charge in [0.2, 0.25) is 0 Å². The first-order chi connectivity index (χ1) is 11.2. The molecule has 1 aromatic carbocycles. The summed E-state index contributed by atoms with van der Waals surface area (Å²) < 4.78 is 34.1. The van der Waals surface area contributed by atoms with Crippen molar-refractivity contribution in [1.82, 2.24) is 14.5 Å². The first-order valence-electron chi connectivity index (χ1n) is 8.33. The largest absolute Gasteiger partial charge is 0.375 e. The zero-order chi connectivity index (χ0) is 15.8. The highest BCUT2D eigenvalue weighted by Crippen LogP contribution is 2.31. The Labute approximate surface area is 134 Å². The van der Waals surface area contributed by atoms with Crippen molar-refractivity contribution in [2.45, 2.75) is 50.9 Å². The fourth-order valence-corrected chi connectivity index (χ4v) is 3.98. The number of hydrogen-bond donors (Lipinski definition) is 0. The van der Waals surface area contributed by atoms with Gasteiger partial charge in [0.15, 0.2) is 0 Å². The molecule has 1 aromatic heterocycles. The number of hydrogen-bond acceptors (Lipinski definition) is 3. The molecule has 0 spiro atoms. The first-order valence-corrected chi connectivity index (χ1v) is 8.33. The van der Waals surface area contributed by atoms with Gasteiger partial charge in [-0.1, -0.05) is 25.0 Å². The summed E-state index contributed by atoms with van der Waals surface area (Å²) in [4.78, 5) is 6.75. The predicted molar refractivity (Wildman–Crippen MR) is 83.4 cm³/mol. The number of imidazole rings is 1. The van der Waals surface area contributed by atoms with E-state index in [1.165, 1.54) is 12.8 Å². The molecule has 2 fully saturated rings. The SMILES string of the molecule is FC(F)n1c(CN2CCO[C@@H]3CCCC[C@H]32)nc2ccccc21. The van der Waals surface area contributed by atoms with E-state index in [0.29, 0.717) is 36.1 Å². The van der Waals surface area contributed by atoms with E-state index >= 15 is 0 Å². The van der Waals surface area contributed by atoms with Crippen molar-refractivity contribution in [2.75, 3.05) is 13.2 Å². The number of fused-ring (bicyclic) bond motifs is 2. The third-order valence-electron chi connectivity index (χ3n) is 5.06. The van der Waals surface area contributed by atoms with Crippen LogP contribution in [-0.4, -0.2) is 39.7 Å². The van der Waals surface area contributed by atoms with E-state index in [2.05, 4.69) is 9.88 Å². The maximum Gasteiger partial charge on any atom is 0.320 e. The molecule has 2 aromatic rings. The molecule has 23 heavy (non-hydrogen) atoms. The number of para-hydroxylation sites is 2. The highest BCUT2D eigenvalue weighted by molar-refractivity contribution is 5.75. The van der Waals surface area contributed by atoms with Crippen molar-refractivity contribution < 1.29 is 13.5 Å². The summed E-state index contributed by atoms with van der Waals surface area (Å²) in [6, 6.07) is 7.45. The minimum atomic E-state index is -2.57. The van der Waals surface area contributed by atoms with E-state index in [9.17, 15) is 8.78 Å². The molecule has 2 aliphatic rings. The van der Waals surface area contributed by atoms with Crippen molar-refractivity contribution in [3.05, 3.63) is 30.1 Å². The highest BCUT2D eigenvalue weighted by atomic mass is 19.3. The van der Waals surface area contributed by atoms with Gasteiger partial charge in [-0.25, -0.2) is 4.98 Å². The van der Waals surface area contributed by atoms with Crippen molar-refractivity contribution in [3.8, 4) is 0 Å². The van der Waals surface area contributed by atoms with Gasteiger partial charge in [0.25, 0.3) is 0 Å². The molecule has 124 valence electrons. The van der Waals surface area contributed by atoms with Gasteiger partial charge in [0.1, 0.15) is 5.82 Å². The zero-order valence-electron chi connectivity index (χ0n) is 13.0. The van der Waals surface area contributed by atoms with Gasteiger partial charge in [0, 0.05) is 12.6 Å². The van der Waals surface area contributed by atoms with E-state index in [1.54, 1.807) is 18.2 Å².